The molecular weight excluding hydrogens is 629 g/mol. The van der Waals surface area contributed by atoms with Gasteiger partial charge < -0.3 is 9.80 Å². The van der Waals surface area contributed by atoms with Crippen molar-refractivity contribution >= 4 is 44.8 Å². The lowest BCUT2D eigenvalue weighted by Gasteiger charge is -2.23. The molecule has 0 heterocycles. The van der Waals surface area contributed by atoms with E-state index in [4.69, 9.17) is 0 Å². The largest absolute Gasteiger partial charge is 0.378 e. The topological polar surface area (TPSA) is 6.48 Å². The monoisotopic (exact) mass is 695 g/mol. The minimum Gasteiger partial charge on any atom is -0.378 e. The van der Waals surface area contributed by atoms with E-state index in [1.807, 2.05) is 0 Å². The number of allylic oxidation sites excluding steroid dienone is 6. The van der Waals surface area contributed by atoms with E-state index in [0.29, 0.717) is 0 Å². The van der Waals surface area contributed by atoms with Crippen LogP contribution in [0.15, 0.2) is 61.7 Å². The zero-order chi connectivity index (χ0) is 39.5. The lowest BCUT2D eigenvalue weighted by molar-refractivity contribution is 1.13. The van der Waals surface area contributed by atoms with Crippen molar-refractivity contribution in [1.29, 1.82) is 0 Å². The van der Waals surface area contributed by atoms with Gasteiger partial charge in [-0.3, -0.25) is 0 Å². The summed E-state index contributed by atoms with van der Waals surface area (Å²) in [4.78, 5) is 4.26. The molecule has 0 atom stereocenters. The van der Waals surface area contributed by atoms with Gasteiger partial charge in [0.25, 0.3) is 0 Å². The molecule has 0 spiro atoms. The second-order valence-corrected chi connectivity index (χ2v) is 15.4. The molecule has 0 aliphatic heterocycles. The number of hydrogen-bond donors (Lipinski definition) is 0. The van der Waals surface area contributed by atoms with Crippen molar-refractivity contribution < 1.29 is 0 Å². The van der Waals surface area contributed by atoms with Gasteiger partial charge >= 0.3 is 0 Å². The Labute approximate surface area is 318 Å². The smallest absolute Gasteiger partial charge is 0.0361 e. The van der Waals surface area contributed by atoms with E-state index in [1.54, 1.807) is 0 Å². The standard InChI is InChI=1S/2C25H33N/c2*1-15(2)24-18(5)20(7)25(21(8)19(24)6)17(4)16(3)22-11-13-23(14-12-22)26(9)10/h2*11-14H,1H2,2-10H3/b2*17-16-. The zero-order valence-corrected chi connectivity index (χ0v) is 35.9. The first kappa shape index (κ1) is 41.9. The van der Waals surface area contributed by atoms with Gasteiger partial charge in [0.15, 0.2) is 0 Å². The molecule has 4 aromatic rings. The van der Waals surface area contributed by atoms with Crippen LogP contribution in [0, 0.1) is 55.4 Å². The van der Waals surface area contributed by atoms with Crippen molar-refractivity contribution in [2.45, 2.75) is 96.9 Å². The molecule has 0 aliphatic carbocycles. The fourth-order valence-electron chi connectivity index (χ4n) is 7.86. The fourth-order valence-corrected chi connectivity index (χ4v) is 7.86. The van der Waals surface area contributed by atoms with Crippen LogP contribution in [-0.4, -0.2) is 28.2 Å². The van der Waals surface area contributed by atoms with Crippen molar-refractivity contribution in [2.24, 2.45) is 0 Å². The highest BCUT2D eigenvalue weighted by molar-refractivity contribution is 5.93. The summed E-state index contributed by atoms with van der Waals surface area (Å²) in [7, 11) is 8.30. The van der Waals surface area contributed by atoms with Gasteiger partial charge in [-0.05, 0) is 221 Å². The van der Waals surface area contributed by atoms with Gasteiger partial charge in [-0.2, -0.15) is 0 Å². The summed E-state index contributed by atoms with van der Waals surface area (Å²) in [5, 5.41) is 0. The van der Waals surface area contributed by atoms with Crippen LogP contribution in [0.1, 0.15) is 119 Å². The summed E-state index contributed by atoms with van der Waals surface area (Å²) in [5.41, 5.74) is 29.0. The molecule has 276 valence electrons. The van der Waals surface area contributed by atoms with Crippen molar-refractivity contribution in [2.75, 3.05) is 38.0 Å². The van der Waals surface area contributed by atoms with Crippen LogP contribution >= 0.6 is 0 Å². The zero-order valence-electron chi connectivity index (χ0n) is 35.9. The summed E-state index contributed by atoms with van der Waals surface area (Å²) < 4.78 is 0. The van der Waals surface area contributed by atoms with Gasteiger partial charge in [0.05, 0.1) is 0 Å². The average Bonchev–Trinajstić information content (AvgIpc) is 3.09. The molecule has 4 rings (SSSR count). The van der Waals surface area contributed by atoms with E-state index in [1.165, 1.54) is 112 Å². The number of nitrogens with zero attached hydrogens (tertiary/aromatic N) is 2. The van der Waals surface area contributed by atoms with Crippen molar-refractivity contribution in [3.63, 3.8) is 0 Å². The van der Waals surface area contributed by atoms with Crippen molar-refractivity contribution in [3.05, 3.63) is 140 Å². The molecule has 0 aromatic heterocycles. The molecule has 0 amide bonds. The Hall–Kier alpha value is -4.56. The minimum absolute atomic E-state index is 1.15. The maximum absolute atomic E-state index is 4.19. The van der Waals surface area contributed by atoms with E-state index in [9.17, 15) is 0 Å². The SMILES string of the molecule is C=C(C)c1c(C)c(C)c(/C(C)=C(/C)c2ccc(N(C)C)cc2)c(C)c1C.C=C(C)c1c(C)c(C)c(/C(C)=C(/C)c2ccc(N(C)C)cc2)c(C)c1C. The first-order valence-electron chi connectivity index (χ1n) is 18.6. The molecule has 4 aromatic carbocycles. The van der Waals surface area contributed by atoms with Gasteiger partial charge in [0, 0.05) is 39.6 Å². The maximum Gasteiger partial charge on any atom is 0.0361 e. The third-order valence-electron chi connectivity index (χ3n) is 11.6. The molecule has 52 heavy (non-hydrogen) atoms. The Morgan fingerprint density at radius 2 is 0.558 bits per heavy atom. The Kier molecular flexibility index (Phi) is 13.6. The van der Waals surface area contributed by atoms with Gasteiger partial charge in [-0.25, -0.2) is 0 Å². The summed E-state index contributed by atoms with van der Waals surface area (Å²) in [6, 6.07) is 17.6. The molecule has 0 bridgehead atoms. The first-order chi connectivity index (χ1) is 24.1. The van der Waals surface area contributed by atoms with E-state index in [0.717, 1.165) is 11.1 Å². The highest BCUT2D eigenvalue weighted by Gasteiger charge is 2.19. The molecule has 2 heteroatoms. The van der Waals surface area contributed by atoms with E-state index in [2.05, 4.69) is 197 Å². The Bertz CT molecular complexity index is 1850. The third-order valence-corrected chi connectivity index (χ3v) is 11.6. The van der Waals surface area contributed by atoms with Gasteiger partial charge in [-0.1, -0.05) is 48.6 Å². The Morgan fingerprint density at radius 1 is 0.346 bits per heavy atom. The minimum atomic E-state index is 1.15. The summed E-state index contributed by atoms with van der Waals surface area (Å²) in [5.74, 6) is 0. The van der Waals surface area contributed by atoms with Crippen LogP contribution < -0.4 is 9.80 Å². The van der Waals surface area contributed by atoms with Crippen LogP contribution in [-0.2, 0) is 0 Å². The van der Waals surface area contributed by atoms with Crippen LogP contribution in [0.3, 0.4) is 0 Å². The summed E-state index contributed by atoms with van der Waals surface area (Å²) >= 11 is 0. The second-order valence-electron chi connectivity index (χ2n) is 15.4. The number of rotatable bonds is 8. The molecule has 0 saturated heterocycles. The average molecular weight is 695 g/mol. The quantitative estimate of drug-likeness (QED) is 0.169. The normalized spacial score (nSPS) is 12.0. The fraction of sp³-hybridized carbons (Fsp3) is 0.360. The van der Waals surface area contributed by atoms with Crippen LogP contribution in [0.2, 0.25) is 0 Å². The molecule has 0 aliphatic rings. The Morgan fingerprint density at radius 3 is 0.750 bits per heavy atom. The second kappa shape index (κ2) is 16.8. The number of anilines is 2. The Balaban J connectivity index is 0.000000280. The lowest BCUT2D eigenvalue weighted by Crippen LogP contribution is -2.08. The first-order valence-corrected chi connectivity index (χ1v) is 18.6. The molecule has 0 unspecified atom stereocenters. The van der Waals surface area contributed by atoms with Crippen LogP contribution in [0.25, 0.3) is 33.4 Å². The van der Waals surface area contributed by atoms with E-state index < -0.39 is 0 Å². The van der Waals surface area contributed by atoms with E-state index in [-0.39, 0.29) is 0 Å². The molecule has 0 radical (unpaired) electrons. The molecule has 2 nitrogen and oxygen atoms in total. The number of benzene rings is 4. The van der Waals surface area contributed by atoms with Gasteiger partial charge in [0.2, 0.25) is 0 Å². The highest BCUT2D eigenvalue weighted by Crippen LogP contribution is 2.39. The lowest BCUT2D eigenvalue weighted by atomic mass is 9.82. The maximum atomic E-state index is 4.19. The predicted molar refractivity (Wildman–Crippen MR) is 238 cm³/mol. The van der Waals surface area contributed by atoms with Crippen LogP contribution in [0.4, 0.5) is 11.4 Å². The van der Waals surface area contributed by atoms with Crippen molar-refractivity contribution in [1.82, 2.24) is 0 Å². The molecule has 0 N–H and O–H groups in total. The molecule has 0 saturated carbocycles. The summed E-state index contributed by atoms with van der Waals surface area (Å²) in [6.45, 7) is 39.5. The highest BCUT2D eigenvalue weighted by atomic mass is 15.1. The summed E-state index contributed by atoms with van der Waals surface area (Å²) in [6.07, 6.45) is 0. The molecular formula is C50H66N2. The van der Waals surface area contributed by atoms with Gasteiger partial charge in [0.1, 0.15) is 0 Å². The number of hydrogen-bond acceptors (Lipinski definition) is 2. The van der Waals surface area contributed by atoms with E-state index >= 15 is 0 Å². The van der Waals surface area contributed by atoms with Gasteiger partial charge in [-0.15, -0.1) is 0 Å². The third kappa shape index (κ3) is 8.39. The predicted octanol–water partition coefficient (Wildman–Crippen LogP) is 13.9. The van der Waals surface area contributed by atoms with Crippen molar-refractivity contribution in [3.8, 4) is 0 Å². The molecule has 0 fully saturated rings. The van der Waals surface area contributed by atoms with Crippen LogP contribution in [0.5, 0.6) is 0 Å².